The number of hydrogen-bond donors (Lipinski definition) is 1. The number of hydrogen-bond acceptors (Lipinski definition) is 5. The molecule has 1 rings (SSSR count). The molecule has 0 unspecified atom stereocenters. The predicted octanol–water partition coefficient (Wildman–Crippen LogP) is 2.59. The van der Waals surface area contributed by atoms with Gasteiger partial charge in [0.25, 0.3) is 0 Å². The molecule has 0 heterocycles. The van der Waals surface area contributed by atoms with E-state index in [1.807, 2.05) is 0 Å². The van der Waals surface area contributed by atoms with Crippen LogP contribution in [0, 0.1) is 0 Å². The summed E-state index contributed by atoms with van der Waals surface area (Å²) in [6, 6.07) is 0. The van der Waals surface area contributed by atoms with Gasteiger partial charge in [0.2, 0.25) is 0 Å². The van der Waals surface area contributed by atoms with Crippen LogP contribution in [-0.2, 0) is 13.9 Å². The van der Waals surface area contributed by atoms with Crippen molar-refractivity contribution in [1.29, 1.82) is 0 Å². The van der Waals surface area contributed by atoms with Crippen molar-refractivity contribution < 1.29 is 27.9 Å². The van der Waals surface area contributed by atoms with Gasteiger partial charge in [0.15, 0.2) is 0 Å². The van der Waals surface area contributed by atoms with Crippen LogP contribution in [0.5, 0.6) is 0 Å². The zero-order valence-electron chi connectivity index (χ0n) is 7.95. The molecule has 1 aliphatic rings. The Morgan fingerprint density at radius 3 is 2.47 bits per heavy atom. The number of ether oxygens (including phenoxy) is 1. The molecule has 0 radical (unpaired) electrons. The number of carbonyl (C=O) groups is 1. The fraction of sp³-hybridized carbons (Fsp3) is 0.875. The van der Waals surface area contributed by atoms with E-state index >= 15 is 0 Å². The maximum Gasteiger partial charge on any atom is 0.415 e. The van der Waals surface area contributed by atoms with Gasteiger partial charge in [-0.05, 0) is 25.7 Å². The molecule has 0 bridgehead atoms. The lowest BCUT2D eigenvalue weighted by molar-refractivity contribution is -0.171. The van der Waals surface area contributed by atoms with E-state index in [2.05, 4.69) is 9.07 Å². The summed E-state index contributed by atoms with van der Waals surface area (Å²) in [6.07, 6.45) is 3.61. The Bertz CT molecular complexity index is 219. The summed E-state index contributed by atoms with van der Waals surface area (Å²) in [5, 5.41) is 3.98. The number of rotatable bonds is 4. The first-order chi connectivity index (χ1) is 7.06. The van der Waals surface area contributed by atoms with Gasteiger partial charge in [-0.15, -0.1) is 0 Å². The fourth-order valence-corrected chi connectivity index (χ4v) is 1.69. The number of carbonyl (C=O) groups excluding carboxylic acids is 1. The van der Waals surface area contributed by atoms with Gasteiger partial charge in [0.1, 0.15) is 18.1 Å². The Hall–Kier alpha value is -0.400. The first-order valence-electron chi connectivity index (χ1n) is 4.64. The van der Waals surface area contributed by atoms with Gasteiger partial charge in [-0.2, -0.15) is 13.1 Å². The van der Waals surface area contributed by atoms with E-state index in [9.17, 15) is 13.6 Å². The zero-order chi connectivity index (χ0) is 11.3. The molecule has 0 aromatic carbocycles. The summed E-state index contributed by atoms with van der Waals surface area (Å²) in [6.45, 7) is 0. The average molecular weight is 242 g/mol. The van der Waals surface area contributed by atoms with Crippen molar-refractivity contribution in [3.63, 3.8) is 0 Å². The molecule has 0 spiro atoms. The number of esters is 1. The minimum atomic E-state index is -3.85. The van der Waals surface area contributed by atoms with Gasteiger partial charge >= 0.3 is 11.2 Å². The van der Waals surface area contributed by atoms with Crippen molar-refractivity contribution in [3.05, 3.63) is 0 Å². The molecule has 0 aliphatic heterocycles. The monoisotopic (exact) mass is 242 g/mol. The van der Waals surface area contributed by atoms with E-state index in [1.165, 1.54) is 0 Å². The lowest BCUT2D eigenvalue weighted by Crippen LogP contribution is -2.32. The van der Waals surface area contributed by atoms with E-state index in [0.29, 0.717) is 12.8 Å². The van der Waals surface area contributed by atoms with Gasteiger partial charge in [-0.25, -0.2) is 10.1 Å². The van der Waals surface area contributed by atoms with Crippen LogP contribution >= 0.6 is 12.0 Å². The SMILES string of the molecule is O=C(OC1CCCCC1)C(F)(F)SOO. The smallest absolute Gasteiger partial charge is 0.415 e. The molecule has 0 amide bonds. The van der Waals surface area contributed by atoms with Gasteiger partial charge in [0, 0.05) is 0 Å². The first kappa shape index (κ1) is 12.7. The van der Waals surface area contributed by atoms with Gasteiger partial charge in [0.05, 0.1) is 0 Å². The molecule has 0 aromatic rings. The van der Waals surface area contributed by atoms with Crippen LogP contribution in [0.2, 0.25) is 0 Å². The third kappa shape index (κ3) is 3.92. The second-order valence-corrected chi connectivity index (χ2v) is 4.17. The van der Waals surface area contributed by atoms with Crippen molar-refractivity contribution in [2.75, 3.05) is 0 Å². The largest absolute Gasteiger partial charge is 0.457 e. The maximum absolute atomic E-state index is 12.8. The normalized spacial score (nSPS) is 18.9. The van der Waals surface area contributed by atoms with Gasteiger partial charge in [-0.1, -0.05) is 6.42 Å². The molecule has 88 valence electrons. The van der Waals surface area contributed by atoms with Crippen LogP contribution in [0.15, 0.2) is 0 Å². The van der Waals surface area contributed by atoms with Crippen LogP contribution in [-0.4, -0.2) is 22.6 Å². The Labute approximate surface area is 90.1 Å². The van der Waals surface area contributed by atoms with Crippen molar-refractivity contribution in [3.8, 4) is 0 Å². The standard InChI is InChI=1S/C8H12F2O4S/c9-8(10,15-14-12)7(11)13-6-4-2-1-3-5-6/h6,12H,1-5H2. The Morgan fingerprint density at radius 2 is 1.93 bits per heavy atom. The average Bonchev–Trinajstić information content (AvgIpc) is 2.19. The molecule has 4 nitrogen and oxygen atoms in total. The van der Waals surface area contributed by atoms with Crippen LogP contribution < -0.4 is 0 Å². The lowest BCUT2D eigenvalue weighted by atomic mass is 9.98. The van der Waals surface area contributed by atoms with E-state index in [0.717, 1.165) is 19.3 Å². The minimum Gasteiger partial charge on any atom is -0.457 e. The van der Waals surface area contributed by atoms with E-state index in [-0.39, 0.29) is 0 Å². The van der Waals surface area contributed by atoms with Gasteiger partial charge in [-0.3, -0.25) is 0 Å². The van der Waals surface area contributed by atoms with Crippen LogP contribution in [0.25, 0.3) is 0 Å². The van der Waals surface area contributed by atoms with E-state index in [4.69, 9.17) is 5.26 Å². The molecular weight excluding hydrogens is 230 g/mol. The third-order valence-corrected chi connectivity index (χ3v) is 2.66. The molecule has 0 aromatic heterocycles. The molecule has 1 fully saturated rings. The Morgan fingerprint density at radius 1 is 1.33 bits per heavy atom. The summed E-state index contributed by atoms with van der Waals surface area (Å²) in [5.41, 5.74) is 0. The molecule has 0 saturated heterocycles. The molecular formula is C8H12F2O4S. The fourth-order valence-electron chi connectivity index (χ4n) is 1.48. The van der Waals surface area contributed by atoms with Crippen molar-refractivity contribution in [2.24, 2.45) is 0 Å². The van der Waals surface area contributed by atoms with Crippen molar-refractivity contribution in [2.45, 2.75) is 43.5 Å². The summed E-state index contributed by atoms with van der Waals surface area (Å²) in [4.78, 5) is 10.9. The predicted molar refractivity (Wildman–Crippen MR) is 49.2 cm³/mol. The maximum atomic E-state index is 12.8. The van der Waals surface area contributed by atoms with Crippen LogP contribution in [0.3, 0.4) is 0 Å². The molecule has 1 saturated carbocycles. The highest BCUT2D eigenvalue weighted by Gasteiger charge is 2.44. The number of alkyl halides is 2. The number of halogens is 2. The van der Waals surface area contributed by atoms with E-state index in [1.54, 1.807) is 0 Å². The van der Waals surface area contributed by atoms with Crippen molar-refractivity contribution >= 4 is 18.0 Å². The molecule has 15 heavy (non-hydrogen) atoms. The molecule has 1 N–H and O–H groups in total. The Balaban J connectivity index is 2.39. The lowest BCUT2D eigenvalue weighted by Gasteiger charge is -2.23. The second kappa shape index (κ2) is 5.62. The van der Waals surface area contributed by atoms with Crippen LogP contribution in [0.4, 0.5) is 8.78 Å². The summed E-state index contributed by atoms with van der Waals surface area (Å²) in [7, 11) is 0. The third-order valence-electron chi connectivity index (χ3n) is 2.21. The Kier molecular flexibility index (Phi) is 4.75. The first-order valence-corrected chi connectivity index (χ1v) is 5.38. The highest BCUT2D eigenvalue weighted by atomic mass is 32.2. The second-order valence-electron chi connectivity index (χ2n) is 3.34. The summed E-state index contributed by atoms with van der Waals surface area (Å²) < 4.78 is 33.3. The van der Waals surface area contributed by atoms with Gasteiger partial charge < -0.3 is 4.74 Å². The summed E-state index contributed by atoms with van der Waals surface area (Å²) >= 11 is -0.622. The molecule has 1 aliphatic carbocycles. The van der Waals surface area contributed by atoms with Crippen LogP contribution in [0.1, 0.15) is 32.1 Å². The topological polar surface area (TPSA) is 55.8 Å². The highest BCUT2D eigenvalue weighted by Crippen LogP contribution is 2.32. The highest BCUT2D eigenvalue weighted by molar-refractivity contribution is 7.96. The summed E-state index contributed by atoms with van der Waals surface area (Å²) in [5.74, 6) is -1.66. The molecule has 0 atom stereocenters. The quantitative estimate of drug-likeness (QED) is 0.355. The molecule has 7 heteroatoms. The zero-order valence-corrected chi connectivity index (χ0v) is 8.77. The van der Waals surface area contributed by atoms with E-state index < -0.39 is 29.4 Å². The minimum absolute atomic E-state index is 0.434. The van der Waals surface area contributed by atoms with Crippen molar-refractivity contribution in [1.82, 2.24) is 0 Å².